The van der Waals surface area contributed by atoms with Crippen molar-refractivity contribution in [1.29, 1.82) is 0 Å². The Morgan fingerprint density at radius 1 is 1.31 bits per heavy atom. The van der Waals surface area contributed by atoms with Crippen molar-refractivity contribution in [3.63, 3.8) is 0 Å². The SMILES string of the molecule is Cc1cc(C)c(CNC(O)c2cc(C3CC3)nc3c2cnn3CCNS(C)(=O)=O)c(=O)[nH]1. The maximum absolute atomic E-state index is 12.3. The summed E-state index contributed by atoms with van der Waals surface area (Å²) in [7, 11) is -3.30. The quantitative estimate of drug-likeness (QED) is 0.348. The van der Waals surface area contributed by atoms with Crippen molar-refractivity contribution in [1.82, 2.24) is 29.8 Å². The Bertz CT molecular complexity index is 1310. The number of fused-ring (bicyclic) bond motifs is 1. The van der Waals surface area contributed by atoms with Crippen LogP contribution in [0.25, 0.3) is 11.0 Å². The van der Waals surface area contributed by atoms with E-state index < -0.39 is 16.3 Å². The number of sulfonamides is 1. The number of nitrogens with one attached hydrogen (secondary N) is 3. The molecule has 10 nitrogen and oxygen atoms in total. The monoisotopic (exact) mass is 460 g/mol. The van der Waals surface area contributed by atoms with Gasteiger partial charge in [0.15, 0.2) is 5.65 Å². The van der Waals surface area contributed by atoms with Crippen LogP contribution in [0.4, 0.5) is 0 Å². The minimum Gasteiger partial charge on any atom is -0.374 e. The minimum absolute atomic E-state index is 0.174. The van der Waals surface area contributed by atoms with E-state index in [2.05, 4.69) is 20.1 Å². The van der Waals surface area contributed by atoms with E-state index in [1.54, 1.807) is 10.9 Å². The smallest absolute Gasteiger partial charge is 0.252 e. The molecule has 0 bridgehead atoms. The number of aliphatic hydroxyl groups excluding tert-OH is 1. The Balaban J connectivity index is 1.60. The lowest BCUT2D eigenvalue weighted by molar-refractivity contribution is 0.138. The second kappa shape index (κ2) is 8.74. The standard InChI is InChI=1S/C21H28N6O4S/c1-12-8-13(2)25-21(29)16(12)10-22-20(28)15-9-18(14-4-5-14)26-19-17(15)11-23-27(19)7-6-24-32(3,30)31/h8-9,11,14,20,22,24,28H,4-7,10H2,1-3H3,(H,25,29). The number of pyridine rings is 2. The van der Waals surface area contributed by atoms with Crippen molar-refractivity contribution in [2.75, 3.05) is 12.8 Å². The summed E-state index contributed by atoms with van der Waals surface area (Å²) in [4.78, 5) is 19.8. The van der Waals surface area contributed by atoms with E-state index in [1.165, 1.54) is 0 Å². The largest absolute Gasteiger partial charge is 0.374 e. The molecule has 1 unspecified atom stereocenters. The summed E-state index contributed by atoms with van der Waals surface area (Å²) < 4.78 is 26.8. The molecule has 0 spiro atoms. The summed E-state index contributed by atoms with van der Waals surface area (Å²) in [6, 6.07) is 3.79. The highest BCUT2D eigenvalue weighted by atomic mass is 32.2. The molecule has 0 aromatic carbocycles. The van der Waals surface area contributed by atoms with Gasteiger partial charge < -0.3 is 10.1 Å². The van der Waals surface area contributed by atoms with Crippen LogP contribution in [-0.4, -0.2) is 46.1 Å². The summed E-state index contributed by atoms with van der Waals surface area (Å²) in [5.41, 5.74) is 4.17. The third kappa shape index (κ3) is 5.07. The van der Waals surface area contributed by atoms with E-state index in [-0.39, 0.29) is 18.6 Å². The fourth-order valence-corrected chi connectivity index (χ4v) is 4.28. The van der Waals surface area contributed by atoms with Gasteiger partial charge in [0.1, 0.15) is 6.23 Å². The van der Waals surface area contributed by atoms with Crippen molar-refractivity contribution in [2.24, 2.45) is 0 Å². The maximum atomic E-state index is 12.3. The van der Waals surface area contributed by atoms with Gasteiger partial charge in [0, 0.05) is 46.9 Å². The fraction of sp³-hybridized carbons (Fsp3) is 0.476. The van der Waals surface area contributed by atoms with E-state index in [0.717, 1.165) is 36.0 Å². The van der Waals surface area contributed by atoms with Gasteiger partial charge in [-0.05, 0) is 44.4 Å². The molecule has 1 saturated carbocycles. The third-order valence-electron chi connectivity index (χ3n) is 5.61. The Morgan fingerprint density at radius 3 is 2.72 bits per heavy atom. The summed E-state index contributed by atoms with van der Waals surface area (Å²) in [5.74, 6) is 0.352. The van der Waals surface area contributed by atoms with Crippen molar-refractivity contribution in [3.8, 4) is 0 Å². The topological polar surface area (TPSA) is 142 Å². The number of nitrogens with zero attached hydrogens (tertiary/aromatic N) is 3. The Kier molecular flexibility index (Phi) is 6.17. The highest BCUT2D eigenvalue weighted by Gasteiger charge is 2.28. The molecule has 3 aromatic rings. The first kappa shape index (κ1) is 22.6. The van der Waals surface area contributed by atoms with Crippen LogP contribution in [0.5, 0.6) is 0 Å². The summed E-state index contributed by atoms with van der Waals surface area (Å²) in [6.07, 6.45) is 3.80. The van der Waals surface area contributed by atoms with E-state index in [0.29, 0.717) is 34.6 Å². The van der Waals surface area contributed by atoms with Crippen LogP contribution < -0.4 is 15.6 Å². The molecule has 3 heterocycles. The van der Waals surface area contributed by atoms with Crippen molar-refractivity contribution < 1.29 is 13.5 Å². The number of H-pyrrole nitrogens is 1. The molecule has 1 aliphatic carbocycles. The molecule has 11 heteroatoms. The van der Waals surface area contributed by atoms with Crippen LogP contribution in [0, 0.1) is 13.8 Å². The number of hydrogen-bond donors (Lipinski definition) is 4. The molecule has 172 valence electrons. The van der Waals surface area contributed by atoms with Crippen LogP contribution in [0.1, 0.15) is 53.1 Å². The Hall–Kier alpha value is -2.60. The molecule has 0 radical (unpaired) electrons. The van der Waals surface area contributed by atoms with Gasteiger partial charge in [-0.15, -0.1) is 0 Å². The van der Waals surface area contributed by atoms with Gasteiger partial charge in [-0.3, -0.25) is 10.1 Å². The van der Waals surface area contributed by atoms with Crippen molar-refractivity contribution >= 4 is 21.1 Å². The predicted molar refractivity (Wildman–Crippen MR) is 121 cm³/mol. The number of aromatic amines is 1. The second-order valence-electron chi connectivity index (χ2n) is 8.41. The van der Waals surface area contributed by atoms with Crippen LogP contribution in [0.15, 0.2) is 23.1 Å². The van der Waals surface area contributed by atoms with Crippen LogP contribution in [-0.2, 0) is 23.1 Å². The zero-order valence-corrected chi connectivity index (χ0v) is 19.2. The summed E-state index contributed by atoms with van der Waals surface area (Å²) >= 11 is 0. The zero-order chi connectivity index (χ0) is 23.0. The number of aliphatic hydroxyl groups is 1. The summed E-state index contributed by atoms with van der Waals surface area (Å²) in [5, 5.41) is 19.0. The lowest BCUT2D eigenvalue weighted by atomic mass is 10.1. The van der Waals surface area contributed by atoms with Gasteiger partial charge in [-0.1, -0.05) is 0 Å². The van der Waals surface area contributed by atoms with Gasteiger partial charge in [-0.2, -0.15) is 5.10 Å². The average Bonchev–Trinajstić information content (AvgIpc) is 3.47. The predicted octanol–water partition coefficient (Wildman–Crippen LogP) is 0.944. The molecule has 4 rings (SSSR count). The molecule has 3 aromatic heterocycles. The molecule has 1 fully saturated rings. The summed E-state index contributed by atoms with van der Waals surface area (Å²) in [6.45, 7) is 4.42. The molecule has 0 saturated heterocycles. The molecule has 0 aliphatic heterocycles. The maximum Gasteiger partial charge on any atom is 0.252 e. The molecule has 4 N–H and O–H groups in total. The van der Waals surface area contributed by atoms with Crippen molar-refractivity contribution in [3.05, 3.63) is 56.8 Å². The molecular weight excluding hydrogens is 432 g/mol. The van der Waals surface area contributed by atoms with E-state index in [1.807, 2.05) is 26.0 Å². The molecule has 32 heavy (non-hydrogen) atoms. The highest BCUT2D eigenvalue weighted by Crippen LogP contribution is 2.40. The molecule has 0 amide bonds. The second-order valence-corrected chi connectivity index (χ2v) is 10.2. The number of aromatic nitrogens is 4. The lowest BCUT2D eigenvalue weighted by Gasteiger charge is -2.16. The first-order valence-corrected chi connectivity index (χ1v) is 12.4. The zero-order valence-electron chi connectivity index (χ0n) is 18.3. The average molecular weight is 461 g/mol. The van der Waals surface area contributed by atoms with Crippen molar-refractivity contribution in [2.45, 2.75) is 51.9 Å². The number of rotatable bonds is 9. The first-order valence-electron chi connectivity index (χ1n) is 10.5. The highest BCUT2D eigenvalue weighted by molar-refractivity contribution is 7.88. The van der Waals surface area contributed by atoms with Gasteiger partial charge in [0.05, 0.1) is 19.0 Å². The van der Waals surface area contributed by atoms with Crippen LogP contribution in [0.3, 0.4) is 0 Å². The first-order chi connectivity index (χ1) is 15.1. The lowest BCUT2D eigenvalue weighted by Crippen LogP contribution is -2.27. The Labute approximate surface area is 186 Å². The van der Waals surface area contributed by atoms with Gasteiger partial charge >= 0.3 is 0 Å². The Morgan fingerprint density at radius 2 is 2.06 bits per heavy atom. The van der Waals surface area contributed by atoms with E-state index in [9.17, 15) is 18.3 Å². The number of aryl methyl sites for hydroxylation is 2. The number of hydrogen-bond acceptors (Lipinski definition) is 7. The van der Waals surface area contributed by atoms with E-state index >= 15 is 0 Å². The van der Waals surface area contributed by atoms with Crippen LogP contribution in [0.2, 0.25) is 0 Å². The minimum atomic E-state index is -3.30. The molecule has 1 aliphatic rings. The molecule has 1 atom stereocenters. The van der Waals surface area contributed by atoms with Gasteiger partial charge in [-0.25, -0.2) is 22.8 Å². The van der Waals surface area contributed by atoms with Gasteiger partial charge in [0.25, 0.3) is 5.56 Å². The van der Waals surface area contributed by atoms with Gasteiger partial charge in [0.2, 0.25) is 10.0 Å². The fourth-order valence-electron chi connectivity index (χ4n) is 3.82. The third-order valence-corrected chi connectivity index (χ3v) is 6.33. The normalized spacial score (nSPS) is 15.4. The van der Waals surface area contributed by atoms with Crippen LogP contribution >= 0.6 is 0 Å². The molecular formula is C21H28N6O4S. The van der Waals surface area contributed by atoms with E-state index in [4.69, 9.17) is 4.98 Å².